The highest BCUT2D eigenvalue weighted by Gasteiger charge is 2.11. The number of hydrogen-bond donors (Lipinski definition) is 1. The summed E-state index contributed by atoms with van der Waals surface area (Å²) in [5, 5.41) is 7.72. The van der Waals surface area contributed by atoms with Gasteiger partial charge in [0.2, 0.25) is 5.95 Å². The summed E-state index contributed by atoms with van der Waals surface area (Å²) in [6, 6.07) is 2.28. The number of aromatic nitrogens is 4. The molecule has 0 aliphatic heterocycles. The van der Waals surface area contributed by atoms with Gasteiger partial charge in [-0.3, -0.25) is 4.68 Å². The first kappa shape index (κ1) is 13.5. The van der Waals surface area contributed by atoms with Crippen LogP contribution in [0.15, 0.2) is 18.5 Å². The number of anilines is 1. The lowest BCUT2D eigenvalue weighted by Gasteiger charge is -2.05. The normalized spacial score (nSPS) is 11.0. The first-order chi connectivity index (χ1) is 9.11. The second kappa shape index (κ2) is 5.82. The summed E-state index contributed by atoms with van der Waals surface area (Å²) >= 11 is 0. The highest BCUT2D eigenvalue weighted by Crippen LogP contribution is 2.22. The molecule has 0 atom stereocenters. The molecule has 19 heavy (non-hydrogen) atoms. The van der Waals surface area contributed by atoms with Crippen molar-refractivity contribution >= 4 is 5.95 Å². The van der Waals surface area contributed by atoms with Crippen molar-refractivity contribution in [3.63, 3.8) is 0 Å². The zero-order valence-electron chi connectivity index (χ0n) is 12.0. The van der Waals surface area contributed by atoms with Crippen LogP contribution in [-0.4, -0.2) is 26.3 Å². The number of rotatable bonds is 5. The molecule has 2 aromatic heterocycles. The van der Waals surface area contributed by atoms with E-state index in [1.807, 2.05) is 23.9 Å². The fourth-order valence-electron chi connectivity index (χ4n) is 1.83. The van der Waals surface area contributed by atoms with Crippen LogP contribution in [0, 0.1) is 6.92 Å². The van der Waals surface area contributed by atoms with Gasteiger partial charge >= 0.3 is 0 Å². The van der Waals surface area contributed by atoms with Crippen LogP contribution in [0.4, 0.5) is 5.95 Å². The van der Waals surface area contributed by atoms with Gasteiger partial charge in [-0.05, 0) is 33.3 Å². The molecule has 0 aromatic carbocycles. The van der Waals surface area contributed by atoms with Crippen molar-refractivity contribution < 1.29 is 0 Å². The SMILES string of the molecule is CCCNc1nccc(-c2cn(C(C)C)nc2C)n1. The maximum absolute atomic E-state index is 4.54. The van der Waals surface area contributed by atoms with Crippen molar-refractivity contribution in [3.05, 3.63) is 24.2 Å². The van der Waals surface area contributed by atoms with E-state index in [-0.39, 0.29) is 0 Å². The molecule has 2 heterocycles. The van der Waals surface area contributed by atoms with E-state index < -0.39 is 0 Å². The molecule has 0 fully saturated rings. The van der Waals surface area contributed by atoms with E-state index in [1.54, 1.807) is 6.20 Å². The number of hydrogen-bond acceptors (Lipinski definition) is 4. The van der Waals surface area contributed by atoms with Crippen LogP contribution in [0.3, 0.4) is 0 Å². The molecular weight excluding hydrogens is 238 g/mol. The van der Waals surface area contributed by atoms with E-state index in [2.05, 4.69) is 41.2 Å². The average Bonchev–Trinajstić information content (AvgIpc) is 2.79. The van der Waals surface area contributed by atoms with E-state index in [0.29, 0.717) is 12.0 Å². The summed E-state index contributed by atoms with van der Waals surface area (Å²) in [5.74, 6) is 0.677. The number of nitrogens with one attached hydrogen (secondary N) is 1. The molecule has 0 spiro atoms. The Bertz CT molecular complexity index is 545. The van der Waals surface area contributed by atoms with Gasteiger partial charge < -0.3 is 5.32 Å². The van der Waals surface area contributed by atoms with Crippen molar-refractivity contribution in [1.82, 2.24) is 19.7 Å². The Morgan fingerprint density at radius 2 is 2.16 bits per heavy atom. The molecule has 0 saturated carbocycles. The van der Waals surface area contributed by atoms with Gasteiger partial charge in [0.15, 0.2) is 0 Å². The van der Waals surface area contributed by atoms with Gasteiger partial charge in [-0.1, -0.05) is 6.92 Å². The third-order valence-electron chi connectivity index (χ3n) is 2.91. The van der Waals surface area contributed by atoms with Crippen LogP contribution in [0.25, 0.3) is 11.3 Å². The van der Waals surface area contributed by atoms with Crippen molar-refractivity contribution in [1.29, 1.82) is 0 Å². The summed E-state index contributed by atoms with van der Waals surface area (Å²) in [5.41, 5.74) is 2.97. The third kappa shape index (κ3) is 3.10. The molecular formula is C14H21N5. The summed E-state index contributed by atoms with van der Waals surface area (Å²) in [6.45, 7) is 9.24. The van der Waals surface area contributed by atoms with Gasteiger partial charge in [-0.25, -0.2) is 9.97 Å². The van der Waals surface area contributed by atoms with Crippen molar-refractivity contribution in [2.75, 3.05) is 11.9 Å². The third-order valence-corrected chi connectivity index (χ3v) is 2.91. The lowest BCUT2D eigenvalue weighted by atomic mass is 10.2. The molecule has 1 N–H and O–H groups in total. The van der Waals surface area contributed by atoms with E-state index in [1.165, 1.54) is 0 Å². The molecule has 0 radical (unpaired) electrons. The van der Waals surface area contributed by atoms with Crippen LogP contribution < -0.4 is 5.32 Å². The first-order valence-corrected chi connectivity index (χ1v) is 6.75. The summed E-state index contributed by atoms with van der Waals surface area (Å²) < 4.78 is 1.96. The Morgan fingerprint density at radius 3 is 2.79 bits per heavy atom. The van der Waals surface area contributed by atoms with Gasteiger partial charge in [-0.2, -0.15) is 5.10 Å². The fourth-order valence-corrected chi connectivity index (χ4v) is 1.83. The molecule has 0 aliphatic rings. The van der Waals surface area contributed by atoms with E-state index in [9.17, 15) is 0 Å². The van der Waals surface area contributed by atoms with Crippen molar-refractivity contribution in [2.24, 2.45) is 0 Å². The second-order valence-electron chi connectivity index (χ2n) is 4.89. The summed E-state index contributed by atoms with van der Waals surface area (Å²) in [6.07, 6.45) is 4.89. The van der Waals surface area contributed by atoms with Gasteiger partial charge in [0, 0.05) is 30.5 Å². The Morgan fingerprint density at radius 1 is 1.37 bits per heavy atom. The summed E-state index contributed by atoms with van der Waals surface area (Å²) in [7, 11) is 0. The Hall–Kier alpha value is -1.91. The predicted octanol–water partition coefficient (Wildman–Crippen LogP) is 3.05. The van der Waals surface area contributed by atoms with Gasteiger partial charge in [0.25, 0.3) is 0 Å². The van der Waals surface area contributed by atoms with E-state index in [4.69, 9.17) is 0 Å². The van der Waals surface area contributed by atoms with Gasteiger partial charge in [0.1, 0.15) is 0 Å². The average molecular weight is 259 g/mol. The van der Waals surface area contributed by atoms with Crippen LogP contribution >= 0.6 is 0 Å². The smallest absolute Gasteiger partial charge is 0.223 e. The standard InChI is InChI=1S/C14H21N5/c1-5-7-15-14-16-8-6-13(17-14)12-9-19(10(2)3)18-11(12)4/h6,8-10H,5,7H2,1-4H3,(H,15,16,17). The number of nitrogens with zero attached hydrogens (tertiary/aromatic N) is 4. The molecule has 0 bridgehead atoms. The van der Waals surface area contributed by atoms with E-state index >= 15 is 0 Å². The monoisotopic (exact) mass is 259 g/mol. The van der Waals surface area contributed by atoms with Gasteiger partial charge in [-0.15, -0.1) is 0 Å². The number of aryl methyl sites for hydroxylation is 1. The molecule has 0 aliphatic carbocycles. The molecule has 5 nitrogen and oxygen atoms in total. The largest absolute Gasteiger partial charge is 0.354 e. The highest BCUT2D eigenvalue weighted by atomic mass is 15.3. The van der Waals surface area contributed by atoms with Crippen LogP contribution in [0.1, 0.15) is 38.9 Å². The van der Waals surface area contributed by atoms with Crippen molar-refractivity contribution in [3.8, 4) is 11.3 Å². The molecule has 2 rings (SSSR count). The zero-order valence-corrected chi connectivity index (χ0v) is 12.0. The highest BCUT2D eigenvalue weighted by molar-refractivity contribution is 5.61. The quantitative estimate of drug-likeness (QED) is 0.896. The fraction of sp³-hybridized carbons (Fsp3) is 0.500. The first-order valence-electron chi connectivity index (χ1n) is 6.75. The lowest BCUT2D eigenvalue weighted by Crippen LogP contribution is -2.04. The predicted molar refractivity (Wildman–Crippen MR) is 77.2 cm³/mol. The molecule has 0 unspecified atom stereocenters. The van der Waals surface area contributed by atoms with Crippen molar-refractivity contribution in [2.45, 2.75) is 40.2 Å². The Balaban J connectivity index is 2.30. The molecule has 5 heteroatoms. The second-order valence-corrected chi connectivity index (χ2v) is 4.89. The van der Waals surface area contributed by atoms with Crippen LogP contribution in [0.5, 0.6) is 0 Å². The molecule has 2 aromatic rings. The maximum atomic E-state index is 4.54. The van der Waals surface area contributed by atoms with E-state index in [0.717, 1.165) is 29.9 Å². The van der Waals surface area contributed by atoms with Crippen LogP contribution in [0.2, 0.25) is 0 Å². The Kier molecular flexibility index (Phi) is 4.14. The zero-order chi connectivity index (χ0) is 13.8. The minimum absolute atomic E-state index is 0.354. The minimum Gasteiger partial charge on any atom is -0.354 e. The lowest BCUT2D eigenvalue weighted by molar-refractivity contribution is 0.529. The van der Waals surface area contributed by atoms with Crippen LogP contribution in [-0.2, 0) is 0 Å². The van der Waals surface area contributed by atoms with Gasteiger partial charge in [0.05, 0.1) is 11.4 Å². The topological polar surface area (TPSA) is 55.6 Å². The minimum atomic E-state index is 0.354. The molecule has 102 valence electrons. The molecule has 0 amide bonds. The molecule has 0 saturated heterocycles. The summed E-state index contributed by atoms with van der Waals surface area (Å²) in [4.78, 5) is 8.76. The Labute approximate surface area is 114 Å². The maximum Gasteiger partial charge on any atom is 0.223 e.